The predicted molar refractivity (Wildman–Crippen MR) is 108 cm³/mol. The summed E-state index contributed by atoms with van der Waals surface area (Å²) < 4.78 is 10.6. The Morgan fingerprint density at radius 1 is 1.17 bits per heavy atom. The van der Waals surface area contributed by atoms with E-state index in [-0.39, 0.29) is 5.91 Å². The zero-order chi connectivity index (χ0) is 20.8. The number of ether oxygens (including phenoxy) is 2. The number of amides is 1. The molecule has 1 amide bonds. The molecule has 0 aliphatic carbocycles. The molecule has 29 heavy (non-hydrogen) atoms. The number of pyridine rings is 2. The zero-order valence-electron chi connectivity index (χ0n) is 17.1. The third-order valence-corrected chi connectivity index (χ3v) is 5.31. The van der Waals surface area contributed by atoms with Gasteiger partial charge in [-0.15, -0.1) is 0 Å². The molecule has 1 aliphatic heterocycles. The topological polar surface area (TPSA) is 93.2 Å². The first-order valence-electron chi connectivity index (χ1n) is 9.38. The van der Waals surface area contributed by atoms with E-state index >= 15 is 0 Å². The maximum absolute atomic E-state index is 13.3. The molecule has 3 aromatic rings. The van der Waals surface area contributed by atoms with E-state index in [4.69, 9.17) is 14.5 Å². The highest BCUT2D eigenvalue weighted by molar-refractivity contribution is 6.12. The van der Waals surface area contributed by atoms with Gasteiger partial charge in [-0.05, 0) is 38.0 Å². The van der Waals surface area contributed by atoms with Crippen LogP contribution in [0.5, 0.6) is 11.6 Å². The second kappa shape index (κ2) is 6.88. The van der Waals surface area contributed by atoms with Crippen LogP contribution in [0.2, 0.25) is 0 Å². The van der Waals surface area contributed by atoms with Gasteiger partial charge < -0.3 is 9.47 Å². The van der Waals surface area contributed by atoms with Crippen LogP contribution < -0.4 is 14.4 Å². The lowest BCUT2D eigenvalue weighted by molar-refractivity contribution is 0.0981. The molecular weight excluding hydrogens is 370 g/mol. The number of H-pyrrole nitrogens is 1. The third-order valence-electron chi connectivity index (χ3n) is 5.31. The molecule has 150 valence electrons. The first-order chi connectivity index (χ1) is 13.9. The van der Waals surface area contributed by atoms with Gasteiger partial charge in [0.1, 0.15) is 0 Å². The Morgan fingerprint density at radius 3 is 2.59 bits per heavy atom. The number of aryl methyl sites for hydroxylation is 1. The third kappa shape index (κ3) is 2.83. The van der Waals surface area contributed by atoms with Crippen LogP contribution in [0.25, 0.3) is 11.3 Å². The summed E-state index contributed by atoms with van der Waals surface area (Å²) in [5.41, 5.74) is 3.98. The van der Waals surface area contributed by atoms with Crippen molar-refractivity contribution >= 4 is 11.6 Å². The fourth-order valence-corrected chi connectivity index (χ4v) is 3.86. The lowest BCUT2D eigenvalue weighted by Crippen LogP contribution is -2.39. The van der Waals surface area contributed by atoms with Gasteiger partial charge in [0.2, 0.25) is 0 Å². The number of nitrogens with zero attached hydrogens (tertiary/aromatic N) is 4. The molecule has 4 rings (SSSR count). The van der Waals surface area contributed by atoms with E-state index < -0.39 is 5.54 Å². The molecule has 4 heterocycles. The van der Waals surface area contributed by atoms with Gasteiger partial charge in [-0.25, -0.2) is 9.97 Å². The van der Waals surface area contributed by atoms with Crippen LogP contribution in [0.1, 0.15) is 42.4 Å². The van der Waals surface area contributed by atoms with Crippen molar-refractivity contribution in [2.45, 2.75) is 32.7 Å². The summed E-state index contributed by atoms with van der Waals surface area (Å²) >= 11 is 0. The van der Waals surface area contributed by atoms with E-state index in [0.29, 0.717) is 23.6 Å². The number of hydrogen-bond donors (Lipinski definition) is 1. The summed E-state index contributed by atoms with van der Waals surface area (Å²) in [6.45, 7) is 6.02. The van der Waals surface area contributed by atoms with Gasteiger partial charge in [0.15, 0.2) is 5.75 Å². The minimum absolute atomic E-state index is 0.0623. The Balaban J connectivity index is 1.89. The van der Waals surface area contributed by atoms with Gasteiger partial charge in [-0.1, -0.05) is 6.92 Å². The van der Waals surface area contributed by atoms with Gasteiger partial charge >= 0.3 is 0 Å². The number of carbonyl (C=O) groups is 1. The molecule has 0 atom stereocenters. The quantitative estimate of drug-likeness (QED) is 0.715. The number of nitrogens with one attached hydrogen (secondary N) is 1. The van der Waals surface area contributed by atoms with Gasteiger partial charge in [0, 0.05) is 18.0 Å². The average Bonchev–Trinajstić information content (AvgIpc) is 3.31. The van der Waals surface area contributed by atoms with Gasteiger partial charge in [-0.2, -0.15) is 5.10 Å². The number of aromatic nitrogens is 4. The molecule has 0 radical (unpaired) electrons. The molecule has 0 aromatic carbocycles. The normalized spacial score (nSPS) is 14.8. The molecule has 0 saturated carbocycles. The second-order valence-electron chi connectivity index (χ2n) is 7.34. The lowest BCUT2D eigenvalue weighted by atomic mass is 9.94. The Kier molecular flexibility index (Phi) is 4.49. The van der Waals surface area contributed by atoms with Crippen molar-refractivity contribution in [1.82, 2.24) is 20.2 Å². The molecule has 8 nitrogen and oxygen atoms in total. The maximum Gasteiger partial charge on any atom is 0.261 e. The van der Waals surface area contributed by atoms with Crippen molar-refractivity contribution < 1.29 is 14.3 Å². The summed E-state index contributed by atoms with van der Waals surface area (Å²) in [5.74, 6) is 0.878. The van der Waals surface area contributed by atoms with Crippen LogP contribution in [0.15, 0.2) is 30.7 Å². The molecule has 0 spiro atoms. The van der Waals surface area contributed by atoms with Crippen molar-refractivity contribution in [2.75, 3.05) is 19.1 Å². The first-order valence-corrected chi connectivity index (χ1v) is 9.38. The SMILES string of the molecule is CCc1cc(-c2cnc(OC)c(OC)c2)nc2c1C(=O)N(c1cn[nH]c1)C2(C)C. The van der Waals surface area contributed by atoms with Crippen LogP contribution in [-0.2, 0) is 12.0 Å². The maximum atomic E-state index is 13.3. The fourth-order valence-electron chi connectivity index (χ4n) is 3.86. The Bertz CT molecular complexity index is 1080. The highest BCUT2D eigenvalue weighted by Crippen LogP contribution is 2.43. The number of aromatic amines is 1. The molecule has 0 fully saturated rings. The van der Waals surface area contributed by atoms with E-state index in [1.165, 1.54) is 0 Å². The monoisotopic (exact) mass is 393 g/mol. The Labute approximate surface area is 168 Å². The first kappa shape index (κ1) is 18.9. The van der Waals surface area contributed by atoms with Crippen molar-refractivity contribution in [3.8, 4) is 22.9 Å². The van der Waals surface area contributed by atoms with Crippen LogP contribution in [-0.4, -0.2) is 40.3 Å². The van der Waals surface area contributed by atoms with E-state index in [2.05, 4.69) is 15.2 Å². The van der Waals surface area contributed by atoms with E-state index in [0.717, 1.165) is 28.2 Å². The Morgan fingerprint density at radius 2 is 1.97 bits per heavy atom. The number of carbonyl (C=O) groups excluding carboxylic acids is 1. The largest absolute Gasteiger partial charge is 0.491 e. The number of anilines is 1. The summed E-state index contributed by atoms with van der Waals surface area (Å²) in [5, 5.41) is 6.78. The van der Waals surface area contributed by atoms with Crippen LogP contribution in [0.4, 0.5) is 5.69 Å². The average molecular weight is 393 g/mol. The molecule has 1 aliphatic rings. The second-order valence-corrected chi connectivity index (χ2v) is 7.34. The molecular formula is C21H23N5O3. The fraction of sp³-hybridized carbons (Fsp3) is 0.333. The van der Waals surface area contributed by atoms with Crippen LogP contribution in [0, 0.1) is 0 Å². The number of hydrogen-bond acceptors (Lipinski definition) is 6. The molecule has 3 aromatic heterocycles. The predicted octanol–water partition coefficient (Wildman–Crippen LogP) is 3.34. The number of methoxy groups -OCH3 is 2. The van der Waals surface area contributed by atoms with E-state index in [1.807, 2.05) is 32.9 Å². The van der Waals surface area contributed by atoms with E-state index in [9.17, 15) is 4.79 Å². The lowest BCUT2D eigenvalue weighted by Gasteiger charge is -2.30. The molecule has 0 unspecified atom stereocenters. The van der Waals surface area contributed by atoms with Crippen molar-refractivity contribution in [3.63, 3.8) is 0 Å². The molecule has 0 saturated heterocycles. The standard InChI is InChI=1S/C21H23N5O3/c1-6-12-7-15(13-8-16(28-4)19(29-5)22-9-13)25-18-17(12)20(27)26(21(18,2)3)14-10-23-24-11-14/h7-11H,6H2,1-5H3,(H,23,24). The minimum Gasteiger partial charge on any atom is -0.491 e. The van der Waals surface area contributed by atoms with Gasteiger partial charge in [0.25, 0.3) is 11.8 Å². The summed E-state index contributed by atoms with van der Waals surface area (Å²) in [7, 11) is 3.12. The highest BCUT2D eigenvalue weighted by Gasteiger charge is 2.47. The molecule has 0 bridgehead atoms. The van der Waals surface area contributed by atoms with Gasteiger partial charge in [-0.3, -0.25) is 14.8 Å². The highest BCUT2D eigenvalue weighted by atomic mass is 16.5. The Hall–Kier alpha value is -3.42. The summed E-state index contributed by atoms with van der Waals surface area (Å²) in [6.07, 6.45) is 5.78. The van der Waals surface area contributed by atoms with Gasteiger partial charge in [0.05, 0.1) is 48.6 Å². The van der Waals surface area contributed by atoms with E-state index in [1.54, 1.807) is 37.7 Å². The summed E-state index contributed by atoms with van der Waals surface area (Å²) in [6, 6.07) is 3.80. The molecule has 1 N–H and O–H groups in total. The van der Waals surface area contributed by atoms with Crippen molar-refractivity contribution in [1.29, 1.82) is 0 Å². The van der Waals surface area contributed by atoms with Crippen LogP contribution >= 0.6 is 0 Å². The van der Waals surface area contributed by atoms with Crippen molar-refractivity contribution in [2.24, 2.45) is 0 Å². The van der Waals surface area contributed by atoms with Crippen molar-refractivity contribution in [3.05, 3.63) is 47.5 Å². The number of rotatable bonds is 5. The molecule has 8 heteroatoms. The smallest absolute Gasteiger partial charge is 0.261 e. The minimum atomic E-state index is -0.625. The zero-order valence-corrected chi connectivity index (χ0v) is 17.1. The van der Waals surface area contributed by atoms with Crippen LogP contribution in [0.3, 0.4) is 0 Å². The number of fused-ring (bicyclic) bond motifs is 1. The summed E-state index contributed by atoms with van der Waals surface area (Å²) in [4.78, 5) is 24.3.